The van der Waals surface area contributed by atoms with E-state index in [1.807, 2.05) is 6.08 Å². The van der Waals surface area contributed by atoms with E-state index in [0.717, 1.165) is 0 Å². The molecule has 4 amide bonds. The molecule has 1 spiro atoms. The van der Waals surface area contributed by atoms with E-state index in [2.05, 4.69) is 20.3 Å². The van der Waals surface area contributed by atoms with E-state index < -0.39 is 91.5 Å². The highest BCUT2D eigenvalue weighted by molar-refractivity contribution is 7.91. The van der Waals surface area contributed by atoms with Crippen LogP contribution in [0.4, 0.5) is 18.0 Å². The molecule has 0 bridgehead atoms. The molecule has 2 aromatic rings. The minimum atomic E-state index is -4.93. The lowest BCUT2D eigenvalue weighted by molar-refractivity contribution is -0.144. The van der Waals surface area contributed by atoms with Crippen LogP contribution in [-0.2, 0) is 41.7 Å². The third kappa shape index (κ3) is 7.85. The molecule has 1 saturated heterocycles. The number of nitrogens with zero attached hydrogens (tertiary/aromatic N) is 2. The summed E-state index contributed by atoms with van der Waals surface area (Å²) in [6, 6.07) is 1.97. The number of carbonyl (C=O) groups is 4. The van der Waals surface area contributed by atoms with Gasteiger partial charge >= 0.3 is 12.3 Å². The van der Waals surface area contributed by atoms with Gasteiger partial charge in [-0.1, -0.05) is 25.0 Å². The van der Waals surface area contributed by atoms with Crippen LogP contribution in [0.25, 0.3) is 10.9 Å². The average Bonchev–Trinajstić information content (AvgIpc) is 4.03. The number of rotatable bonds is 6. The molecule has 1 aromatic carbocycles. The summed E-state index contributed by atoms with van der Waals surface area (Å²) >= 11 is 0. The Morgan fingerprint density at radius 3 is 2.54 bits per heavy atom. The van der Waals surface area contributed by atoms with E-state index in [9.17, 15) is 40.8 Å². The molecular formula is C39H48F3N5O9S. The van der Waals surface area contributed by atoms with Crippen molar-refractivity contribution in [1.29, 1.82) is 0 Å². The summed E-state index contributed by atoms with van der Waals surface area (Å²) < 4.78 is 88.5. The minimum absolute atomic E-state index is 0.0687. The van der Waals surface area contributed by atoms with Crippen LogP contribution in [0.1, 0.15) is 96.2 Å². The number of fused-ring (bicyclic) bond motifs is 5. The maximum absolute atomic E-state index is 14.7. The van der Waals surface area contributed by atoms with E-state index in [4.69, 9.17) is 14.2 Å². The lowest BCUT2D eigenvalue weighted by Gasteiger charge is -2.37. The highest BCUT2D eigenvalue weighted by Gasteiger charge is 2.64. The molecule has 5 atom stereocenters. The third-order valence-electron chi connectivity index (χ3n) is 11.9. The van der Waals surface area contributed by atoms with Crippen LogP contribution in [0.5, 0.6) is 11.5 Å². The molecule has 5 aliphatic rings. The van der Waals surface area contributed by atoms with Gasteiger partial charge in [0, 0.05) is 23.3 Å². The fourth-order valence-corrected chi connectivity index (χ4v) is 9.53. The number of sulfonamides is 1. The Labute approximate surface area is 328 Å². The second-order valence-corrected chi connectivity index (χ2v) is 18.7. The monoisotopic (exact) mass is 819 g/mol. The van der Waals surface area contributed by atoms with E-state index in [1.165, 1.54) is 31.1 Å². The molecule has 3 aliphatic heterocycles. The standard InChI is InChI=1S/C39H48F3N5O9S/c1-22(2)55-35(51)44-28-11-9-7-5-6-8-10-23-19-38(23,34(50)46-57(52,53)36(3)16-17-36)45-32(48)29-20-37(21-47(29)33(28)49)15-14-25-26-18-24(54-4)12-13-27(26)43-31(30(25)56-37)39(40,41)42/h8,10,12-13,18,22-23,28-29H,5-7,9,11,14-17,19-21H2,1-4H3,(H,44,51)(H,45,48)(H,46,50)/b10-8-/t23-,28+,29+,37-,38-/m1/s1. The van der Waals surface area contributed by atoms with Crippen LogP contribution in [0.2, 0.25) is 0 Å². The smallest absolute Gasteiger partial charge is 0.437 e. The zero-order valence-electron chi connectivity index (χ0n) is 32.3. The maximum atomic E-state index is 14.7. The van der Waals surface area contributed by atoms with Crippen LogP contribution in [0.3, 0.4) is 0 Å². The number of ether oxygens (including phenoxy) is 3. The number of aromatic nitrogens is 1. The Hall–Kier alpha value is -4.61. The lowest BCUT2D eigenvalue weighted by atomic mass is 9.87. The molecule has 310 valence electrons. The van der Waals surface area contributed by atoms with Gasteiger partial charge in [-0.15, -0.1) is 0 Å². The first kappa shape index (κ1) is 40.6. The predicted octanol–water partition coefficient (Wildman–Crippen LogP) is 4.82. The number of amides is 4. The van der Waals surface area contributed by atoms with Crippen LogP contribution in [-0.4, -0.2) is 89.8 Å². The SMILES string of the molecule is COc1ccc2nc(C(F)(F)F)c3c(c2c1)CC[C@]1(C[C@H]2C(=O)N[C@]4(C(=O)NS(=O)(=O)C5(C)CC5)C[C@H]4/C=C\CCCCC[C@H](NC(=O)OC(C)C)C(=O)N2C1)O3. The zero-order valence-corrected chi connectivity index (χ0v) is 33.1. The summed E-state index contributed by atoms with van der Waals surface area (Å²) in [7, 11) is -2.65. The first-order chi connectivity index (χ1) is 26.8. The van der Waals surface area contributed by atoms with Crippen molar-refractivity contribution in [2.75, 3.05) is 13.7 Å². The molecular weight excluding hydrogens is 772 g/mol. The molecule has 57 heavy (non-hydrogen) atoms. The number of methoxy groups -OCH3 is 1. The molecule has 1 aromatic heterocycles. The third-order valence-corrected chi connectivity index (χ3v) is 14.1. The van der Waals surface area contributed by atoms with Gasteiger partial charge in [-0.05, 0) is 90.3 Å². The quantitative estimate of drug-likeness (QED) is 0.342. The summed E-state index contributed by atoms with van der Waals surface area (Å²) in [5, 5.41) is 5.82. The van der Waals surface area contributed by atoms with Crippen molar-refractivity contribution in [3.63, 3.8) is 0 Å². The van der Waals surface area contributed by atoms with Gasteiger partial charge in [0.1, 0.15) is 29.0 Å². The van der Waals surface area contributed by atoms with E-state index >= 15 is 0 Å². The summed E-state index contributed by atoms with van der Waals surface area (Å²) in [4.78, 5) is 61.1. The van der Waals surface area contributed by atoms with Crippen molar-refractivity contribution in [3.8, 4) is 11.5 Å². The molecule has 3 N–H and O–H groups in total. The molecule has 3 fully saturated rings. The highest BCUT2D eigenvalue weighted by atomic mass is 32.2. The Morgan fingerprint density at radius 1 is 1.11 bits per heavy atom. The zero-order chi connectivity index (χ0) is 41.1. The number of allylic oxidation sites excluding steroid dienone is 1. The fourth-order valence-electron chi connectivity index (χ4n) is 8.22. The van der Waals surface area contributed by atoms with Gasteiger partial charge in [-0.2, -0.15) is 13.2 Å². The number of benzene rings is 1. The van der Waals surface area contributed by atoms with Gasteiger partial charge in [-0.3, -0.25) is 19.1 Å². The summed E-state index contributed by atoms with van der Waals surface area (Å²) in [5.74, 6) is -3.07. The Kier molecular flexibility index (Phi) is 10.4. The van der Waals surface area contributed by atoms with Crippen molar-refractivity contribution in [1.82, 2.24) is 25.2 Å². The number of alkyl carbamates (subject to hydrolysis) is 1. The van der Waals surface area contributed by atoms with Crippen molar-refractivity contribution < 1.29 is 55.0 Å². The molecule has 7 rings (SSSR count). The first-order valence-electron chi connectivity index (χ1n) is 19.4. The number of hydrogen-bond donors (Lipinski definition) is 3. The largest absolute Gasteiger partial charge is 0.497 e. The maximum Gasteiger partial charge on any atom is 0.437 e. The number of nitrogens with one attached hydrogen (secondary N) is 3. The molecule has 18 heteroatoms. The molecule has 0 radical (unpaired) electrons. The van der Waals surface area contributed by atoms with Crippen molar-refractivity contribution in [3.05, 3.63) is 41.6 Å². The number of aryl methyl sites for hydroxylation is 1. The normalized spacial score (nSPS) is 29.1. The topological polar surface area (TPSA) is 182 Å². The van der Waals surface area contributed by atoms with Crippen molar-refractivity contribution in [2.24, 2.45) is 5.92 Å². The van der Waals surface area contributed by atoms with Gasteiger partial charge in [0.15, 0.2) is 11.4 Å². The molecule has 0 unspecified atom stereocenters. The average molecular weight is 820 g/mol. The van der Waals surface area contributed by atoms with Crippen LogP contribution in [0.15, 0.2) is 30.4 Å². The van der Waals surface area contributed by atoms with E-state index in [1.54, 1.807) is 26.0 Å². The number of alkyl halides is 3. The second kappa shape index (κ2) is 14.6. The van der Waals surface area contributed by atoms with E-state index in [-0.39, 0.29) is 49.7 Å². The predicted molar refractivity (Wildman–Crippen MR) is 200 cm³/mol. The minimum Gasteiger partial charge on any atom is -0.497 e. The van der Waals surface area contributed by atoms with E-state index in [0.29, 0.717) is 49.7 Å². The summed E-state index contributed by atoms with van der Waals surface area (Å²) in [6.07, 6.45) is 0.777. The van der Waals surface area contributed by atoms with Crippen molar-refractivity contribution >= 4 is 44.7 Å². The van der Waals surface area contributed by atoms with Gasteiger partial charge < -0.3 is 29.7 Å². The Morgan fingerprint density at radius 2 is 1.86 bits per heavy atom. The van der Waals surface area contributed by atoms with Crippen LogP contribution in [0, 0.1) is 5.92 Å². The summed E-state index contributed by atoms with van der Waals surface area (Å²) in [5.41, 5.74) is -4.09. The van der Waals surface area contributed by atoms with Crippen LogP contribution < -0.4 is 24.8 Å². The van der Waals surface area contributed by atoms with Crippen LogP contribution >= 0.6 is 0 Å². The second-order valence-electron chi connectivity index (χ2n) is 16.5. The first-order valence-corrected chi connectivity index (χ1v) is 20.9. The number of pyridine rings is 1. The Balaban J connectivity index is 1.27. The highest BCUT2D eigenvalue weighted by Crippen LogP contribution is 2.50. The van der Waals surface area contributed by atoms with Gasteiger partial charge in [0.25, 0.3) is 5.91 Å². The summed E-state index contributed by atoms with van der Waals surface area (Å²) in [6.45, 7) is 4.49. The molecule has 2 saturated carbocycles. The fraction of sp³-hybridized carbons (Fsp3) is 0.615. The number of halogens is 3. The molecule has 2 aliphatic carbocycles. The number of carbonyl (C=O) groups excluding carboxylic acids is 4. The van der Waals surface area contributed by atoms with Gasteiger partial charge in [-0.25, -0.2) is 18.2 Å². The van der Waals surface area contributed by atoms with Gasteiger partial charge in [0.05, 0.1) is 30.0 Å². The number of hydrogen-bond acceptors (Lipinski definition) is 10. The Bertz CT molecular complexity index is 2120. The van der Waals surface area contributed by atoms with Crippen molar-refractivity contribution in [2.45, 2.75) is 132 Å². The lowest BCUT2D eigenvalue weighted by Crippen LogP contribution is -2.58. The van der Waals surface area contributed by atoms with Gasteiger partial charge in [0.2, 0.25) is 21.8 Å². The molecule has 14 nitrogen and oxygen atoms in total. The molecule has 4 heterocycles.